The highest BCUT2D eigenvalue weighted by atomic mass is 127. The number of hydrogen-bond donors (Lipinski definition) is 1. The Labute approximate surface area is 107 Å². The van der Waals surface area contributed by atoms with Gasteiger partial charge in [-0.3, -0.25) is 0 Å². The number of nitrogens with one attached hydrogen (secondary N) is 1. The Kier molecular flexibility index (Phi) is 3.43. The lowest BCUT2D eigenvalue weighted by Gasteiger charge is -2.05. The van der Waals surface area contributed by atoms with Crippen LogP contribution in [0, 0.1) is 3.57 Å². The summed E-state index contributed by atoms with van der Waals surface area (Å²) < 4.78 is 1.15. The van der Waals surface area contributed by atoms with E-state index < -0.39 is 0 Å². The SMILES string of the molecule is Clc1cccc(Nc2cc(I)ccn2)c1. The molecule has 0 aliphatic rings. The van der Waals surface area contributed by atoms with E-state index in [9.17, 15) is 0 Å². The Hall–Kier alpha value is -0.810. The maximum atomic E-state index is 5.88. The molecule has 0 aliphatic heterocycles. The number of halogens is 2. The molecule has 1 aromatic heterocycles. The average Bonchev–Trinajstić information content (AvgIpc) is 2.17. The lowest BCUT2D eigenvalue weighted by molar-refractivity contribution is 1.30. The van der Waals surface area contributed by atoms with E-state index in [-0.39, 0.29) is 0 Å². The largest absolute Gasteiger partial charge is 0.340 e. The van der Waals surface area contributed by atoms with Gasteiger partial charge in [-0.2, -0.15) is 0 Å². The van der Waals surface area contributed by atoms with E-state index in [0.29, 0.717) is 5.02 Å². The Morgan fingerprint density at radius 3 is 2.80 bits per heavy atom. The first kappa shape index (κ1) is 10.7. The van der Waals surface area contributed by atoms with Crippen molar-refractivity contribution in [2.75, 3.05) is 5.32 Å². The van der Waals surface area contributed by atoms with Crippen molar-refractivity contribution in [3.8, 4) is 0 Å². The second kappa shape index (κ2) is 4.81. The smallest absolute Gasteiger partial charge is 0.131 e. The van der Waals surface area contributed by atoms with E-state index in [4.69, 9.17) is 11.6 Å². The second-order valence-electron chi connectivity index (χ2n) is 2.99. The number of benzene rings is 1. The van der Waals surface area contributed by atoms with E-state index in [0.717, 1.165) is 15.1 Å². The first-order valence-corrected chi connectivity index (χ1v) is 5.84. The summed E-state index contributed by atoms with van der Waals surface area (Å²) in [6.45, 7) is 0. The normalized spacial score (nSPS) is 10.0. The van der Waals surface area contributed by atoms with Crippen molar-refractivity contribution in [1.29, 1.82) is 0 Å². The van der Waals surface area contributed by atoms with Gasteiger partial charge in [0.05, 0.1) is 0 Å². The molecule has 0 radical (unpaired) electrons. The molecule has 0 saturated heterocycles. The molecule has 1 heterocycles. The fourth-order valence-electron chi connectivity index (χ4n) is 1.19. The average molecular weight is 331 g/mol. The van der Waals surface area contributed by atoms with Crippen LogP contribution in [0.4, 0.5) is 11.5 Å². The molecule has 76 valence electrons. The zero-order valence-corrected chi connectivity index (χ0v) is 10.7. The van der Waals surface area contributed by atoms with Gasteiger partial charge in [0.2, 0.25) is 0 Å². The van der Waals surface area contributed by atoms with Crippen molar-refractivity contribution in [3.05, 3.63) is 51.2 Å². The summed E-state index contributed by atoms with van der Waals surface area (Å²) in [5.74, 6) is 0.823. The third kappa shape index (κ3) is 3.07. The van der Waals surface area contributed by atoms with Crippen LogP contribution in [0.2, 0.25) is 5.02 Å². The van der Waals surface area contributed by atoms with Gasteiger partial charge in [0.15, 0.2) is 0 Å². The second-order valence-corrected chi connectivity index (χ2v) is 4.68. The van der Waals surface area contributed by atoms with Crippen molar-refractivity contribution in [3.63, 3.8) is 0 Å². The van der Waals surface area contributed by atoms with Crippen LogP contribution in [0.3, 0.4) is 0 Å². The van der Waals surface area contributed by atoms with Gasteiger partial charge < -0.3 is 5.32 Å². The zero-order chi connectivity index (χ0) is 10.7. The zero-order valence-electron chi connectivity index (χ0n) is 7.74. The lowest BCUT2D eigenvalue weighted by atomic mass is 10.3. The monoisotopic (exact) mass is 330 g/mol. The molecular formula is C11H8ClIN2. The van der Waals surface area contributed by atoms with Gasteiger partial charge in [-0.05, 0) is 52.9 Å². The van der Waals surface area contributed by atoms with E-state index in [1.54, 1.807) is 6.20 Å². The number of pyridine rings is 1. The van der Waals surface area contributed by atoms with Gasteiger partial charge in [-0.15, -0.1) is 0 Å². The predicted octanol–water partition coefficient (Wildman–Crippen LogP) is 4.08. The van der Waals surface area contributed by atoms with E-state index in [1.807, 2.05) is 36.4 Å². The highest BCUT2D eigenvalue weighted by Gasteiger charge is 1.97. The summed E-state index contributed by atoms with van der Waals surface area (Å²) in [5, 5.41) is 3.90. The number of nitrogens with zero attached hydrogens (tertiary/aromatic N) is 1. The van der Waals surface area contributed by atoms with Gasteiger partial charge in [-0.1, -0.05) is 17.7 Å². The van der Waals surface area contributed by atoms with Crippen LogP contribution in [-0.2, 0) is 0 Å². The van der Waals surface area contributed by atoms with E-state index in [2.05, 4.69) is 32.9 Å². The minimum absolute atomic E-state index is 0.714. The first-order valence-electron chi connectivity index (χ1n) is 4.38. The maximum Gasteiger partial charge on any atom is 0.131 e. The van der Waals surface area contributed by atoms with Crippen LogP contribution in [0.25, 0.3) is 0 Å². The van der Waals surface area contributed by atoms with Crippen LogP contribution in [0.5, 0.6) is 0 Å². The summed E-state index contributed by atoms with van der Waals surface area (Å²) in [6, 6.07) is 11.5. The molecule has 0 aliphatic carbocycles. The number of hydrogen-bond acceptors (Lipinski definition) is 2. The Bertz CT molecular complexity index is 430. The summed E-state index contributed by atoms with van der Waals surface area (Å²) >= 11 is 8.13. The minimum Gasteiger partial charge on any atom is -0.340 e. The first-order chi connectivity index (χ1) is 7.24. The van der Waals surface area contributed by atoms with Crippen molar-refractivity contribution >= 4 is 45.7 Å². The van der Waals surface area contributed by atoms with E-state index in [1.165, 1.54) is 0 Å². The molecule has 2 nitrogen and oxygen atoms in total. The highest BCUT2D eigenvalue weighted by Crippen LogP contribution is 2.19. The molecule has 0 atom stereocenters. The molecule has 2 aromatic rings. The molecular weight excluding hydrogens is 322 g/mol. The maximum absolute atomic E-state index is 5.88. The van der Waals surface area contributed by atoms with Crippen molar-refractivity contribution in [2.24, 2.45) is 0 Å². The molecule has 0 bridgehead atoms. The van der Waals surface area contributed by atoms with Gasteiger partial charge in [0.25, 0.3) is 0 Å². The third-order valence-corrected chi connectivity index (χ3v) is 2.73. The predicted molar refractivity (Wildman–Crippen MR) is 71.7 cm³/mol. The number of anilines is 2. The van der Waals surface area contributed by atoms with Crippen molar-refractivity contribution in [1.82, 2.24) is 4.98 Å². The van der Waals surface area contributed by atoms with Crippen molar-refractivity contribution < 1.29 is 0 Å². The topological polar surface area (TPSA) is 24.9 Å². The molecule has 0 fully saturated rings. The molecule has 0 unspecified atom stereocenters. The third-order valence-electron chi connectivity index (χ3n) is 1.82. The fraction of sp³-hybridized carbons (Fsp3) is 0. The molecule has 15 heavy (non-hydrogen) atoms. The molecule has 0 spiro atoms. The van der Waals surface area contributed by atoms with Gasteiger partial charge >= 0.3 is 0 Å². The molecule has 2 rings (SSSR count). The van der Waals surface area contributed by atoms with Gasteiger partial charge in [-0.25, -0.2) is 4.98 Å². The quantitative estimate of drug-likeness (QED) is 0.839. The molecule has 0 saturated carbocycles. The summed E-state index contributed by atoms with van der Waals surface area (Å²) in [5.41, 5.74) is 0.942. The molecule has 4 heteroatoms. The van der Waals surface area contributed by atoms with Crippen LogP contribution in [0.15, 0.2) is 42.6 Å². The molecule has 1 N–H and O–H groups in total. The molecule has 0 amide bonds. The summed E-state index contributed by atoms with van der Waals surface area (Å²) in [6.07, 6.45) is 1.77. The Morgan fingerprint density at radius 2 is 2.07 bits per heavy atom. The van der Waals surface area contributed by atoms with Crippen LogP contribution in [-0.4, -0.2) is 4.98 Å². The van der Waals surface area contributed by atoms with Crippen molar-refractivity contribution in [2.45, 2.75) is 0 Å². The standard InChI is InChI=1S/C11H8ClIN2/c12-8-2-1-3-10(6-8)15-11-7-9(13)4-5-14-11/h1-7H,(H,14,15). The van der Waals surface area contributed by atoms with Gasteiger partial charge in [0.1, 0.15) is 5.82 Å². The highest BCUT2D eigenvalue weighted by molar-refractivity contribution is 14.1. The van der Waals surface area contributed by atoms with Gasteiger partial charge in [0, 0.05) is 20.5 Å². The number of rotatable bonds is 2. The number of aromatic nitrogens is 1. The fourth-order valence-corrected chi connectivity index (χ4v) is 1.83. The molecule has 1 aromatic carbocycles. The van der Waals surface area contributed by atoms with Crippen LogP contribution in [0.1, 0.15) is 0 Å². The van der Waals surface area contributed by atoms with E-state index >= 15 is 0 Å². The summed E-state index contributed by atoms with van der Waals surface area (Å²) in [4.78, 5) is 4.21. The lowest BCUT2D eigenvalue weighted by Crippen LogP contribution is -1.93. The minimum atomic E-state index is 0.714. The Balaban J connectivity index is 2.22. The van der Waals surface area contributed by atoms with Crippen LogP contribution < -0.4 is 5.32 Å². The summed E-state index contributed by atoms with van der Waals surface area (Å²) in [7, 11) is 0. The Morgan fingerprint density at radius 1 is 1.20 bits per heavy atom. The van der Waals surface area contributed by atoms with Crippen LogP contribution >= 0.6 is 34.2 Å².